The van der Waals surface area contributed by atoms with Crippen molar-refractivity contribution in [3.8, 4) is 5.75 Å². The third kappa shape index (κ3) is 4.32. The van der Waals surface area contributed by atoms with E-state index in [0.29, 0.717) is 13.2 Å². The zero-order chi connectivity index (χ0) is 18.5. The molecule has 0 unspecified atom stereocenters. The summed E-state index contributed by atoms with van der Waals surface area (Å²) in [5.74, 6) is 2.76. The van der Waals surface area contributed by atoms with Crippen molar-refractivity contribution in [2.24, 2.45) is 0 Å². The van der Waals surface area contributed by atoms with E-state index in [4.69, 9.17) is 9.47 Å². The summed E-state index contributed by atoms with van der Waals surface area (Å²) in [5.41, 5.74) is 2.29. The standard InChI is InChI=1S/C20H23N5O2/c1-26-18-6-2-4-16(10-18)12-24-8-9-25-19(13-24)22-23-20(25)15-27-14-17-5-3-7-21-11-17/h2-7,10-11H,8-9,12-15H2,1H3. The number of nitrogens with zero attached hydrogens (tertiary/aromatic N) is 5. The Kier molecular flexibility index (Phi) is 5.41. The average Bonchev–Trinajstić information content (AvgIpc) is 3.11. The minimum absolute atomic E-state index is 0.456. The number of fused-ring (bicyclic) bond motifs is 1. The molecule has 27 heavy (non-hydrogen) atoms. The van der Waals surface area contributed by atoms with E-state index in [2.05, 4.69) is 36.8 Å². The first-order chi connectivity index (χ1) is 13.3. The largest absolute Gasteiger partial charge is 0.497 e. The fourth-order valence-corrected chi connectivity index (χ4v) is 3.28. The minimum atomic E-state index is 0.456. The molecule has 1 aliphatic rings. The quantitative estimate of drug-likeness (QED) is 0.641. The van der Waals surface area contributed by atoms with Gasteiger partial charge >= 0.3 is 0 Å². The highest BCUT2D eigenvalue weighted by Gasteiger charge is 2.21. The van der Waals surface area contributed by atoms with E-state index in [0.717, 1.165) is 49.1 Å². The lowest BCUT2D eigenvalue weighted by atomic mass is 10.2. The maximum Gasteiger partial charge on any atom is 0.159 e. The Balaban J connectivity index is 1.34. The van der Waals surface area contributed by atoms with Crippen molar-refractivity contribution in [1.82, 2.24) is 24.6 Å². The number of pyridine rings is 1. The van der Waals surface area contributed by atoms with Crippen molar-refractivity contribution >= 4 is 0 Å². The molecular weight excluding hydrogens is 342 g/mol. The van der Waals surface area contributed by atoms with Gasteiger partial charge in [-0.1, -0.05) is 18.2 Å². The van der Waals surface area contributed by atoms with Crippen LogP contribution >= 0.6 is 0 Å². The van der Waals surface area contributed by atoms with Crippen LogP contribution in [0.2, 0.25) is 0 Å². The molecule has 0 atom stereocenters. The van der Waals surface area contributed by atoms with Crippen LogP contribution in [0.15, 0.2) is 48.8 Å². The van der Waals surface area contributed by atoms with Crippen LogP contribution < -0.4 is 4.74 Å². The first-order valence-corrected chi connectivity index (χ1v) is 9.05. The SMILES string of the molecule is COc1cccc(CN2CCn3c(COCc4cccnc4)nnc3C2)c1. The highest BCUT2D eigenvalue weighted by Crippen LogP contribution is 2.18. The van der Waals surface area contributed by atoms with Crippen molar-refractivity contribution < 1.29 is 9.47 Å². The predicted molar refractivity (Wildman–Crippen MR) is 99.9 cm³/mol. The van der Waals surface area contributed by atoms with Crippen LogP contribution in [-0.4, -0.2) is 38.3 Å². The van der Waals surface area contributed by atoms with Crippen LogP contribution in [0.4, 0.5) is 0 Å². The third-order valence-corrected chi connectivity index (χ3v) is 4.67. The normalized spacial score (nSPS) is 14.1. The molecule has 0 saturated heterocycles. The molecule has 1 aliphatic heterocycles. The van der Waals surface area contributed by atoms with Crippen LogP contribution in [-0.2, 0) is 37.6 Å². The van der Waals surface area contributed by atoms with Gasteiger partial charge in [-0.15, -0.1) is 10.2 Å². The monoisotopic (exact) mass is 365 g/mol. The number of hydrogen-bond acceptors (Lipinski definition) is 6. The molecule has 7 nitrogen and oxygen atoms in total. The Hall–Kier alpha value is -2.77. The second-order valence-electron chi connectivity index (χ2n) is 6.60. The molecule has 0 bridgehead atoms. The van der Waals surface area contributed by atoms with E-state index >= 15 is 0 Å². The van der Waals surface area contributed by atoms with Gasteiger partial charge in [0.05, 0.1) is 20.3 Å². The molecule has 0 amide bonds. The Bertz CT molecular complexity index is 881. The van der Waals surface area contributed by atoms with Gasteiger partial charge in [0.25, 0.3) is 0 Å². The second-order valence-corrected chi connectivity index (χ2v) is 6.60. The summed E-state index contributed by atoms with van der Waals surface area (Å²) in [4.78, 5) is 6.47. The Morgan fingerprint density at radius 2 is 1.96 bits per heavy atom. The molecule has 4 rings (SSSR count). The molecule has 3 heterocycles. The molecule has 0 saturated carbocycles. The summed E-state index contributed by atoms with van der Waals surface area (Å²) in [6, 6.07) is 12.1. The van der Waals surface area contributed by atoms with Crippen LogP contribution in [0, 0.1) is 0 Å². The zero-order valence-corrected chi connectivity index (χ0v) is 15.4. The Labute approximate surface area is 158 Å². The van der Waals surface area contributed by atoms with E-state index in [1.54, 1.807) is 13.3 Å². The van der Waals surface area contributed by atoms with Crippen LogP contribution in [0.5, 0.6) is 5.75 Å². The molecular formula is C20H23N5O2. The molecule has 7 heteroatoms. The van der Waals surface area contributed by atoms with Gasteiger partial charge in [0.1, 0.15) is 18.2 Å². The van der Waals surface area contributed by atoms with Gasteiger partial charge < -0.3 is 14.0 Å². The van der Waals surface area contributed by atoms with E-state index in [-0.39, 0.29) is 0 Å². The average molecular weight is 365 g/mol. The van der Waals surface area contributed by atoms with Gasteiger partial charge in [-0.25, -0.2) is 0 Å². The highest BCUT2D eigenvalue weighted by molar-refractivity contribution is 5.28. The molecule has 1 aromatic carbocycles. The smallest absolute Gasteiger partial charge is 0.159 e. The van der Waals surface area contributed by atoms with Gasteiger partial charge in [0, 0.05) is 32.0 Å². The number of hydrogen-bond donors (Lipinski definition) is 0. The van der Waals surface area contributed by atoms with Crippen molar-refractivity contribution in [1.29, 1.82) is 0 Å². The lowest BCUT2D eigenvalue weighted by molar-refractivity contribution is 0.0966. The Morgan fingerprint density at radius 1 is 1.04 bits per heavy atom. The van der Waals surface area contributed by atoms with Gasteiger partial charge in [-0.05, 0) is 29.3 Å². The first kappa shape index (κ1) is 17.6. The molecule has 0 radical (unpaired) electrons. The van der Waals surface area contributed by atoms with E-state index in [1.807, 2.05) is 30.5 Å². The molecule has 0 fully saturated rings. The summed E-state index contributed by atoms with van der Waals surface area (Å²) in [6.45, 7) is 4.47. The third-order valence-electron chi connectivity index (χ3n) is 4.67. The second kappa shape index (κ2) is 8.28. The summed E-state index contributed by atoms with van der Waals surface area (Å²) < 4.78 is 13.3. The van der Waals surface area contributed by atoms with E-state index in [1.165, 1.54) is 5.56 Å². The van der Waals surface area contributed by atoms with Gasteiger partial charge in [-0.3, -0.25) is 9.88 Å². The van der Waals surface area contributed by atoms with E-state index < -0.39 is 0 Å². The fraction of sp³-hybridized carbons (Fsp3) is 0.350. The maximum atomic E-state index is 5.79. The van der Waals surface area contributed by atoms with Gasteiger partial charge in [0.2, 0.25) is 0 Å². The van der Waals surface area contributed by atoms with Crippen LogP contribution in [0.3, 0.4) is 0 Å². The van der Waals surface area contributed by atoms with Crippen LogP contribution in [0.1, 0.15) is 22.8 Å². The lowest BCUT2D eigenvalue weighted by Crippen LogP contribution is -2.34. The lowest BCUT2D eigenvalue weighted by Gasteiger charge is -2.27. The van der Waals surface area contributed by atoms with Gasteiger partial charge in [-0.2, -0.15) is 0 Å². The summed E-state index contributed by atoms with van der Waals surface area (Å²) in [6.07, 6.45) is 3.57. The topological polar surface area (TPSA) is 65.3 Å². The number of aromatic nitrogens is 4. The fourth-order valence-electron chi connectivity index (χ4n) is 3.28. The minimum Gasteiger partial charge on any atom is -0.497 e. The molecule has 2 aromatic heterocycles. The van der Waals surface area contributed by atoms with Crippen molar-refractivity contribution in [3.05, 3.63) is 71.6 Å². The number of rotatable bonds is 7. The highest BCUT2D eigenvalue weighted by atomic mass is 16.5. The molecule has 0 aliphatic carbocycles. The summed E-state index contributed by atoms with van der Waals surface area (Å²) in [5, 5.41) is 8.69. The molecule has 140 valence electrons. The molecule has 0 N–H and O–H groups in total. The zero-order valence-electron chi connectivity index (χ0n) is 15.4. The number of ether oxygens (including phenoxy) is 2. The number of benzene rings is 1. The van der Waals surface area contributed by atoms with Crippen LogP contribution in [0.25, 0.3) is 0 Å². The predicted octanol–water partition coefficient (Wildman–Crippen LogP) is 2.41. The molecule has 0 spiro atoms. The maximum absolute atomic E-state index is 5.79. The van der Waals surface area contributed by atoms with Crippen molar-refractivity contribution in [2.75, 3.05) is 13.7 Å². The van der Waals surface area contributed by atoms with Gasteiger partial charge in [0.15, 0.2) is 5.82 Å². The summed E-state index contributed by atoms with van der Waals surface area (Å²) >= 11 is 0. The van der Waals surface area contributed by atoms with Crippen molar-refractivity contribution in [3.63, 3.8) is 0 Å². The summed E-state index contributed by atoms with van der Waals surface area (Å²) in [7, 11) is 1.69. The Morgan fingerprint density at radius 3 is 2.81 bits per heavy atom. The van der Waals surface area contributed by atoms with Crippen molar-refractivity contribution in [2.45, 2.75) is 32.8 Å². The number of methoxy groups -OCH3 is 1. The van der Waals surface area contributed by atoms with E-state index in [9.17, 15) is 0 Å². The first-order valence-electron chi connectivity index (χ1n) is 9.05. The molecule has 3 aromatic rings.